The van der Waals surface area contributed by atoms with Crippen molar-refractivity contribution in [1.82, 2.24) is 10.2 Å². The van der Waals surface area contributed by atoms with Gasteiger partial charge in [-0.1, -0.05) is 24.3 Å². The van der Waals surface area contributed by atoms with Crippen LogP contribution in [-0.2, 0) is 17.9 Å². The fraction of sp³-hybridized carbons (Fsp3) is 0.350. The van der Waals surface area contributed by atoms with Crippen LogP contribution in [-0.4, -0.2) is 34.6 Å². The van der Waals surface area contributed by atoms with Gasteiger partial charge in [-0.15, -0.1) is 0 Å². The first-order valence-electron chi connectivity index (χ1n) is 8.79. The van der Waals surface area contributed by atoms with Crippen LogP contribution in [0.1, 0.15) is 24.0 Å². The monoisotopic (exact) mass is 378 g/mol. The van der Waals surface area contributed by atoms with E-state index >= 15 is 0 Å². The van der Waals surface area contributed by atoms with E-state index in [-0.39, 0.29) is 30.9 Å². The van der Waals surface area contributed by atoms with E-state index < -0.39 is 23.1 Å². The third-order valence-corrected chi connectivity index (χ3v) is 4.73. The first-order chi connectivity index (χ1) is 12.9. The third-order valence-electron chi connectivity index (χ3n) is 4.73. The van der Waals surface area contributed by atoms with Crippen LogP contribution in [0, 0.1) is 17.5 Å². The summed E-state index contributed by atoms with van der Waals surface area (Å²) in [5.41, 5.74) is -0.865. The summed E-state index contributed by atoms with van der Waals surface area (Å²) < 4.78 is 40.5. The van der Waals surface area contributed by atoms with Gasteiger partial charge < -0.3 is 15.3 Å². The van der Waals surface area contributed by atoms with Crippen LogP contribution in [0.3, 0.4) is 0 Å². The maximum atomic E-state index is 13.9. The maximum Gasteiger partial charge on any atom is 0.256 e. The molecule has 1 aliphatic heterocycles. The van der Waals surface area contributed by atoms with Gasteiger partial charge in [-0.05, 0) is 36.6 Å². The van der Waals surface area contributed by atoms with Crippen molar-refractivity contribution in [2.75, 3.05) is 13.1 Å². The second-order valence-electron chi connectivity index (χ2n) is 6.81. The number of benzene rings is 2. The fourth-order valence-corrected chi connectivity index (χ4v) is 3.32. The largest absolute Gasteiger partial charge is 0.379 e. The summed E-state index contributed by atoms with van der Waals surface area (Å²) in [7, 11) is 0. The van der Waals surface area contributed by atoms with Crippen molar-refractivity contribution in [3.8, 4) is 0 Å². The minimum atomic E-state index is -1.63. The first kappa shape index (κ1) is 19.4. The Morgan fingerprint density at radius 3 is 2.70 bits per heavy atom. The summed E-state index contributed by atoms with van der Waals surface area (Å²) in [5, 5.41) is 13.7. The third kappa shape index (κ3) is 4.48. The molecule has 0 aliphatic carbocycles. The summed E-state index contributed by atoms with van der Waals surface area (Å²) in [5.74, 6) is -2.83. The lowest BCUT2D eigenvalue weighted by molar-refractivity contribution is -0.157. The zero-order valence-electron chi connectivity index (χ0n) is 14.7. The number of carbonyl (C=O) groups is 1. The van der Waals surface area contributed by atoms with Crippen LogP contribution in [0.2, 0.25) is 0 Å². The molecule has 0 radical (unpaired) electrons. The minimum Gasteiger partial charge on any atom is -0.379 e. The van der Waals surface area contributed by atoms with Gasteiger partial charge in [-0.3, -0.25) is 4.79 Å². The zero-order valence-corrected chi connectivity index (χ0v) is 14.7. The lowest BCUT2D eigenvalue weighted by Crippen LogP contribution is -2.57. The molecule has 1 amide bonds. The molecule has 27 heavy (non-hydrogen) atoms. The second-order valence-corrected chi connectivity index (χ2v) is 6.81. The van der Waals surface area contributed by atoms with E-state index in [2.05, 4.69) is 5.32 Å². The Morgan fingerprint density at radius 1 is 1.15 bits per heavy atom. The van der Waals surface area contributed by atoms with Crippen LogP contribution < -0.4 is 5.32 Å². The fourth-order valence-electron chi connectivity index (χ4n) is 3.32. The van der Waals surface area contributed by atoms with E-state index in [1.807, 2.05) is 0 Å². The summed E-state index contributed by atoms with van der Waals surface area (Å²) in [6, 6.07) is 9.85. The highest BCUT2D eigenvalue weighted by Crippen LogP contribution is 2.25. The van der Waals surface area contributed by atoms with Gasteiger partial charge in [-0.25, -0.2) is 13.2 Å². The summed E-state index contributed by atoms with van der Waals surface area (Å²) in [4.78, 5) is 14.0. The molecule has 1 aliphatic rings. The Balaban J connectivity index is 1.63. The molecular formula is C20H21F3N2O2. The van der Waals surface area contributed by atoms with E-state index in [9.17, 15) is 23.1 Å². The van der Waals surface area contributed by atoms with Gasteiger partial charge in [0, 0.05) is 31.7 Å². The highest BCUT2D eigenvalue weighted by atomic mass is 19.2. The van der Waals surface area contributed by atoms with Gasteiger partial charge in [0.2, 0.25) is 0 Å². The van der Waals surface area contributed by atoms with Crippen molar-refractivity contribution in [1.29, 1.82) is 0 Å². The summed E-state index contributed by atoms with van der Waals surface area (Å²) in [6.45, 7) is 0.548. The number of halogens is 3. The molecule has 2 N–H and O–H groups in total. The van der Waals surface area contributed by atoms with Crippen molar-refractivity contribution >= 4 is 5.91 Å². The Morgan fingerprint density at radius 2 is 1.93 bits per heavy atom. The van der Waals surface area contributed by atoms with E-state index in [0.29, 0.717) is 25.1 Å². The van der Waals surface area contributed by atoms with Crippen LogP contribution >= 0.6 is 0 Å². The first-order valence-corrected chi connectivity index (χ1v) is 8.79. The molecule has 2 aromatic rings. The molecule has 1 saturated heterocycles. The van der Waals surface area contributed by atoms with Crippen LogP contribution in [0.4, 0.5) is 13.2 Å². The number of hydrogen-bond donors (Lipinski definition) is 2. The van der Waals surface area contributed by atoms with Crippen molar-refractivity contribution in [3.05, 3.63) is 71.0 Å². The minimum absolute atomic E-state index is 0.00944. The van der Waals surface area contributed by atoms with Crippen LogP contribution in [0.5, 0.6) is 0 Å². The molecule has 0 bridgehead atoms. The Kier molecular flexibility index (Phi) is 5.82. The number of likely N-dealkylation sites (tertiary alicyclic amines) is 1. The van der Waals surface area contributed by atoms with E-state index in [4.69, 9.17) is 0 Å². The average molecular weight is 378 g/mol. The maximum absolute atomic E-state index is 13.9. The number of carbonyl (C=O) groups excluding carboxylic acids is 1. The van der Waals surface area contributed by atoms with Gasteiger partial charge in [0.05, 0.1) is 0 Å². The lowest BCUT2D eigenvalue weighted by atomic mass is 9.91. The molecule has 0 spiro atoms. The second kappa shape index (κ2) is 8.10. The smallest absolute Gasteiger partial charge is 0.256 e. The van der Waals surface area contributed by atoms with E-state index in [1.165, 1.54) is 29.2 Å². The molecule has 0 saturated carbocycles. The number of aliphatic hydroxyl groups is 1. The van der Waals surface area contributed by atoms with Crippen molar-refractivity contribution < 1.29 is 23.1 Å². The van der Waals surface area contributed by atoms with Gasteiger partial charge in [0.25, 0.3) is 5.91 Å². The van der Waals surface area contributed by atoms with Crippen molar-refractivity contribution in [2.45, 2.75) is 31.5 Å². The van der Waals surface area contributed by atoms with Crippen LogP contribution in [0.25, 0.3) is 0 Å². The normalized spacial score (nSPS) is 20.1. The van der Waals surface area contributed by atoms with E-state index in [1.54, 1.807) is 12.1 Å². The van der Waals surface area contributed by atoms with Gasteiger partial charge >= 0.3 is 0 Å². The SMILES string of the molecule is O=C1N(Cc2cccc(F)c2F)CCCC1(O)CNCc1cccc(F)c1. The molecule has 7 heteroatoms. The molecular weight excluding hydrogens is 357 g/mol. The molecule has 1 unspecified atom stereocenters. The molecule has 3 rings (SSSR count). The number of nitrogens with zero attached hydrogens (tertiary/aromatic N) is 1. The molecule has 4 nitrogen and oxygen atoms in total. The topological polar surface area (TPSA) is 52.6 Å². The molecule has 0 aromatic heterocycles. The van der Waals surface area contributed by atoms with Gasteiger partial charge in [0.1, 0.15) is 5.82 Å². The predicted octanol–water partition coefficient (Wildman–Crippen LogP) is 2.75. The van der Waals surface area contributed by atoms with Gasteiger partial charge in [0.15, 0.2) is 17.2 Å². The number of amides is 1. The molecule has 144 valence electrons. The Hall–Kier alpha value is -2.38. The van der Waals surface area contributed by atoms with Gasteiger partial charge in [-0.2, -0.15) is 0 Å². The standard InChI is InChI=1S/C20H21F3N2O2/c21-16-6-1-4-14(10-16)11-24-13-20(27)8-3-9-25(19(20)26)12-15-5-2-7-17(22)18(15)23/h1-2,4-7,10,24,27H,3,8-9,11-13H2. The van der Waals surface area contributed by atoms with E-state index in [0.717, 1.165) is 6.07 Å². The zero-order chi connectivity index (χ0) is 19.4. The molecule has 1 fully saturated rings. The summed E-state index contributed by atoms with van der Waals surface area (Å²) in [6.07, 6.45) is 0.810. The Labute approximate surface area is 155 Å². The molecule has 2 aromatic carbocycles. The lowest BCUT2D eigenvalue weighted by Gasteiger charge is -2.38. The molecule has 1 heterocycles. The summed E-state index contributed by atoms with van der Waals surface area (Å²) >= 11 is 0. The van der Waals surface area contributed by atoms with Crippen LogP contribution in [0.15, 0.2) is 42.5 Å². The predicted molar refractivity (Wildman–Crippen MR) is 94.1 cm³/mol. The quantitative estimate of drug-likeness (QED) is 0.813. The number of hydrogen-bond acceptors (Lipinski definition) is 3. The average Bonchev–Trinajstić information content (AvgIpc) is 2.63. The highest BCUT2D eigenvalue weighted by molar-refractivity contribution is 5.86. The number of nitrogens with one attached hydrogen (secondary N) is 1. The number of rotatable bonds is 6. The Bertz CT molecular complexity index is 831. The molecule has 1 atom stereocenters. The highest BCUT2D eigenvalue weighted by Gasteiger charge is 2.41. The van der Waals surface area contributed by atoms with Crippen molar-refractivity contribution in [3.63, 3.8) is 0 Å². The number of piperidine rings is 1. The van der Waals surface area contributed by atoms with Crippen molar-refractivity contribution in [2.24, 2.45) is 0 Å².